The van der Waals surface area contributed by atoms with Crippen molar-refractivity contribution in [3.63, 3.8) is 0 Å². The molecule has 0 spiro atoms. The second-order valence-electron chi connectivity index (χ2n) is 3.68. The Morgan fingerprint density at radius 3 is 2.63 bits per heavy atom. The van der Waals surface area contributed by atoms with Crippen LogP contribution in [0.2, 0.25) is 0 Å². The molecule has 0 saturated heterocycles. The maximum atomic E-state index is 12.4. The number of benzene rings is 1. The number of halogens is 4. The molecule has 0 radical (unpaired) electrons. The van der Waals surface area contributed by atoms with Gasteiger partial charge in [-0.2, -0.15) is 0 Å². The number of alkyl halides is 3. The Bertz CT molecular complexity index is 444. The monoisotopic (exact) mass is 399 g/mol. The highest BCUT2D eigenvalue weighted by molar-refractivity contribution is 9.10. The zero-order valence-electron chi connectivity index (χ0n) is 10.2. The van der Waals surface area contributed by atoms with Gasteiger partial charge in [-0.25, -0.2) is 8.78 Å². The molecule has 7 heteroatoms. The Balaban J connectivity index is 2.92. The minimum absolute atomic E-state index is 0.229. The smallest absolute Gasteiger partial charge is 0.255 e. The highest BCUT2D eigenvalue weighted by Crippen LogP contribution is 2.26. The average Bonchev–Trinajstić information content (AvgIpc) is 2.36. The summed E-state index contributed by atoms with van der Waals surface area (Å²) in [6.07, 6.45) is -2.55. The number of nitrogens with zero attached hydrogens (tertiary/aromatic N) is 1. The van der Waals surface area contributed by atoms with Crippen molar-refractivity contribution in [1.29, 1.82) is 0 Å². The molecule has 0 aliphatic heterocycles. The largest absolute Gasteiger partial charge is 0.496 e. The molecule has 19 heavy (non-hydrogen) atoms. The molecule has 0 bridgehead atoms. The summed E-state index contributed by atoms with van der Waals surface area (Å²) in [4.78, 5) is 13.3. The van der Waals surface area contributed by atoms with Gasteiger partial charge >= 0.3 is 0 Å². The third-order valence-corrected chi connectivity index (χ3v) is 3.37. The van der Waals surface area contributed by atoms with Crippen LogP contribution in [0.1, 0.15) is 10.4 Å². The maximum Gasteiger partial charge on any atom is 0.255 e. The lowest BCUT2D eigenvalue weighted by Gasteiger charge is -2.21. The zero-order chi connectivity index (χ0) is 14.4. The molecule has 1 aromatic rings. The van der Waals surface area contributed by atoms with E-state index in [9.17, 15) is 13.6 Å². The zero-order valence-corrected chi connectivity index (χ0v) is 13.4. The lowest BCUT2D eigenvalue weighted by molar-refractivity contribution is 0.0572. The molecule has 0 saturated carbocycles. The molecular weight excluding hydrogens is 388 g/mol. The van der Waals surface area contributed by atoms with Crippen LogP contribution in [0.3, 0.4) is 0 Å². The van der Waals surface area contributed by atoms with Gasteiger partial charge in [-0.3, -0.25) is 4.79 Å². The number of amides is 1. The van der Waals surface area contributed by atoms with E-state index in [1.165, 1.54) is 7.11 Å². The van der Waals surface area contributed by atoms with Crippen LogP contribution in [0.25, 0.3) is 0 Å². The first kappa shape index (κ1) is 16.4. The van der Waals surface area contributed by atoms with Crippen LogP contribution in [0, 0.1) is 0 Å². The van der Waals surface area contributed by atoms with Crippen molar-refractivity contribution in [2.75, 3.05) is 25.5 Å². The fourth-order valence-electron chi connectivity index (χ4n) is 1.53. The molecule has 0 atom stereocenters. The number of ether oxygens (including phenoxy) is 1. The van der Waals surface area contributed by atoms with E-state index in [4.69, 9.17) is 4.74 Å². The second kappa shape index (κ2) is 7.79. The van der Waals surface area contributed by atoms with E-state index in [0.717, 1.165) is 4.90 Å². The summed E-state index contributed by atoms with van der Waals surface area (Å²) in [6.45, 7) is -0.346. The summed E-state index contributed by atoms with van der Waals surface area (Å²) in [5.74, 6) is 0.153. The van der Waals surface area contributed by atoms with Gasteiger partial charge in [0.1, 0.15) is 5.75 Å². The van der Waals surface area contributed by atoms with Gasteiger partial charge in [0.05, 0.1) is 18.1 Å². The van der Waals surface area contributed by atoms with Crippen LogP contribution in [-0.4, -0.2) is 42.8 Å². The van der Waals surface area contributed by atoms with Crippen LogP contribution >= 0.6 is 31.9 Å². The standard InChI is InChI=1S/C12H13Br2F2NO2/c1-19-10-3-2-8(6-9(10)14)12(18)17(5-4-13)7-11(15)16/h2-3,6,11H,4-5,7H2,1H3. The van der Waals surface area contributed by atoms with Crippen LogP contribution in [0.5, 0.6) is 5.75 Å². The first-order valence-electron chi connectivity index (χ1n) is 5.46. The molecule has 1 amide bonds. The van der Waals surface area contributed by atoms with Crippen molar-refractivity contribution in [1.82, 2.24) is 4.90 Å². The minimum Gasteiger partial charge on any atom is -0.496 e. The lowest BCUT2D eigenvalue weighted by atomic mass is 10.2. The average molecular weight is 401 g/mol. The Labute approximate surface area is 127 Å². The summed E-state index contributed by atoms with van der Waals surface area (Å²) in [5.41, 5.74) is 0.342. The van der Waals surface area contributed by atoms with Gasteiger partial charge in [0.2, 0.25) is 0 Å². The molecule has 0 unspecified atom stereocenters. The predicted molar refractivity (Wildman–Crippen MR) is 76.4 cm³/mol. The van der Waals surface area contributed by atoms with Gasteiger partial charge in [0, 0.05) is 17.4 Å². The van der Waals surface area contributed by atoms with Gasteiger partial charge < -0.3 is 9.64 Å². The van der Waals surface area contributed by atoms with Crippen molar-refractivity contribution in [2.45, 2.75) is 6.43 Å². The number of methoxy groups -OCH3 is 1. The maximum absolute atomic E-state index is 12.4. The normalized spacial score (nSPS) is 10.6. The molecule has 0 N–H and O–H groups in total. The molecule has 0 heterocycles. The van der Waals surface area contributed by atoms with E-state index in [1.807, 2.05) is 0 Å². The number of rotatable bonds is 6. The van der Waals surface area contributed by atoms with E-state index in [0.29, 0.717) is 21.1 Å². The molecule has 1 rings (SSSR count). The second-order valence-corrected chi connectivity index (χ2v) is 5.33. The third-order valence-electron chi connectivity index (χ3n) is 2.40. The topological polar surface area (TPSA) is 29.5 Å². The van der Waals surface area contributed by atoms with Crippen LogP contribution in [0.4, 0.5) is 8.78 Å². The third kappa shape index (κ3) is 4.72. The van der Waals surface area contributed by atoms with Gasteiger partial charge in [0.25, 0.3) is 12.3 Å². The molecule has 0 aliphatic rings. The first-order valence-corrected chi connectivity index (χ1v) is 7.38. The number of hydrogen-bond donors (Lipinski definition) is 0. The van der Waals surface area contributed by atoms with Crippen molar-refractivity contribution < 1.29 is 18.3 Å². The Kier molecular flexibility index (Phi) is 6.71. The fraction of sp³-hybridized carbons (Fsp3) is 0.417. The van der Waals surface area contributed by atoms with Crippen molar-refractivity contribution in [2.24, 2.45) is 0 Å². The molecule has 3 nitrogen and oxygen atoms in total. The van der Waals surface area contributed by atoms with Crippen LogP contribution in [-0.2, 0) is 0 Å². The van der Waals surface area contributed by atoms with E-state index in [2.05, 4.69) is 31.9 Å². The van der Waals surface area contributed by atoms with Crippen molar-refractivity contribution in [3.8, 4) is 5.75 Å². The lowest BCUT2D eigenvalue weighted by Crippen LogP contribution is -2.36. The van der Waals surface area contributed by atoms with E-state index in [1.54, 1.807) is 18.2 Å². The van der Waals surface area contributed by atoms with E-state index >= 15 is 0 Å². The van der Waals surface area contributed by atoms with Gasteiger partial charge in [-0.1, -0.05) is 15.9 Å². The van der Waals surface area contributed by atoms with Gasteiger partial charge in [0.15, 0.2) is 0 Å². The summed E-state index contributed by atoms with van der Waals surface area (Å²) in [6, 6.07) is 4.73. The van der Waals surface area contributed by atoms with Crippen LogP contribution < -0.4 is 4.74 Å². The van der Waals surface area contributed by atoms with Gasteiger partial charge in [-0.15, -0.1) is 0 Å². The Morgan fingerprint density at radius 1 is 1.47 bits per heavy atom. The molecule has 0 aromatic heterocycles. The summed E-state index contributed by atoms with van der Waals surface area (Å²) < 4.78 is 30.5. The number of hydrogen-bond acceptors (Lipinski definition) is 2. The summed E-state index contributed by atoms with van der Waals surface area (Å²) in [7, 11) is 1.51. The summed E-state index contributed by atoms with van der Waals surface area (Å²) in [5, 5.41) is 0.447. The van der Waals surface area contributed by atoms with Crippen LogP contribution in [0.15, 0.2) is 22.7 Å². The highest BCUT2D eigenvalue weighted by atomic mass is 79.9. The molecule has 1 aromatic carbocycles. The van der Waals surface area contributed by atoms with Crippen molar-refractivity contribution >= 4 is 37.8 Å². The molecular formula is C12H13Br2F2NO2. The minimum atomic E-state index is -2.55. The highest BCUT2D eigenvalue weighted by Gasteiger charge is 2.19. The Hall–Kier alpha value is -0.690. The first-order chi connectivity index (χ1) is 8.99. The SMILES string of the molecule is COc1ccc(C(=O)N(CCBr)CC(F)F)cc1Br. The van der Waals surface area contributed by atoms with E-state index in [-0.39, 0.29) is 6.54 Å². The quantitative estimate of drug-likeness (QED) is 0.683. The molecule has 0 fully saturated rings. The summed E-state index contributed by atoms with van der Waals surface area (Å²) >= 11 is 6.41. The van der Waals surface area contributed by atoms with E-state index < -0.39 is 18.9 Å². The van der Waals surface area contributed by atoms with Gasteiger partial charge in [-0.05, 0) is 34.1 Å². The number of carbonyl (C=O) groups is 1. The molecule has 0 aliphatic carbocycles. The number of carbonyl (C=O) groups excluding carboxylic acids is 1. The molecule has 106 valence electrons. The fourth-order valence-corrected chi connectivity index (χ4v) is 2.50. The van der Waals surface area contributed by atoms with Crippen molar-refractivity contribution in [3.05, 3.63) is 28.2 Å². The predicted octanol–water partition coefficient (Wildman–Crippen LogP) is 3.56. The Morgan fingerprint density at radius 2 is 2.16 bits per heavy atom.